The molecule has 0 spiro atoms. The zero-order valence-electron chi connectivity index (χ0n) is 19.5. The van der Waals surface area contributed by atoms with Crippen LogP contribution in [0.1, 0.15) is 12.5 Å². The van der Waals surface area contributed by atoms with Gasteiger partial charge in [-0.3, -0.25) is 0 Å². The zero-order valence-corrected chi connectivity index (χ0v) is 19.5. The number of aliphatic hydroxyl groups is 6. The van der Waals surface area contributed by atoms with Gasteiger partial charge < -0.3 is 59.4 Å². The van der Waals surface area contributed by atoms with Crippen molar-refractivity contribution in [2.24, 2.45) is 0 Å². The molecule has 7 unspecified atom stereocenters. The van der Waals surface area contributed by atoms with E-state index < -0.39 is 68.2 Å². The molecule has 0 aliphatic carbocycles. The van der Waals surface area contributed by atoms with Gasteiger partial charge in [-0.2, -0.15) is 0 Å². The van der Waals surface area contributed by atoms with Crippen LogP contribution in [0.25, 0.3) is 6.08 Å². The maximum absolute atomic E-state index is 12.1. The minimum absolute atomic E-state index is 0.125. The molecular formula is C22H32O13. The van der Waals surface area contributed by atoms with Gasteiger partial charge in [-0.1, -0.05) is 0 Å². The predicted octanol–water partition coefficient (Wildman–Crippen LogP) is -2.11. The second-order valence-electron chi connectivity index (χ2n) is 8.12. The number of aromatic hydroxyl groups is 1. The van der Waals surface area contributed by atoms with Crippen LogP contribution in [0.2, 0.25) is 0 Å². The van der Waals surface area contributed by atoms with Crippen LogP contribution >= 0.6 is 0 Å². The summed E-state index contributed by atoms with van der Waals surface area (Å²) in [4.78, 5) is 12.1. The minimum atomic E-state index is -1.90. The number of phenols is 1. The van der Waals surface area contributed by atoms with Gasteiger partial charge in [-0.05, 0) is 30.7 Å². The Bertz CT molecular complexity index is 846. The summed E-state index contributed by atoms with van der Waals surface area (Å²) in [6.07, 6.45) is -7.01. The van der Waals surface area contributed by atoms with Crippen LogP contribution in [-0.2, 0) is 19.0 Å². The Morgan fingerprint density at radius 3 is 2.29 bits per heavy atom. The first-order valence-electron chi connectivity index (χ1n) is 10.6. The normalized spacial score (nSPS) is 27.3. The highest BCUT2D eigenvalue weighted by molar-refractivity contribution is 5.87. The highest BCUT2D eigenvalue weighted by Gasteiger charge is 2.45. The molecule has 0 bridgehead atoms. The summed E-state index contributed by atoms with van der Waals surface area (Å²) in [5.41, 5.74) is -1.45. The predicted molar refractivity (Wildman–Crippen MR) is 118 cm³/mol. The van der Waals surface area contributed by atoms with Crippen molar-refractivity contribution in [1.82, 2.24) is 0 Å². The third kappa shape index (κ3) is 7.25. The first kappa shape index (κ1) is 28.7. The van der Waals surface area contributed by atoms with Gasteiger partial charge in [0.1, 0.15) is 42.7 Å². The van der Waals surface area contributed by atoms with E-state index in [1.54, 1.807) is 0 Å². The third-order valence-electron chi connectivity index (χ3n) is 5.40. The number of hydrogen-bond acceptors (Lipinski definition) is 13. The van der Waals surface area contributed by atoms with Crippen LogP contribution in [0.4, 0.5) is 0 Å². The fraction of sp³-hybridized carbons (Fsp3) is 0.591. The lowest BCUT2D eigenvalue weighted by atomic mass is 9.98. The molecule has 0 radical (unpaired) electrons. The first-order valence-corrected chi connectivity index (χ1v) is 10.6. The molecule has 2 rings (SSSR count). The quantitative estimate of drug-likeness (QED) is 0.127. The second kappa shape index (κ2) is 12.5. The van der Waals surface area contributed by atoms with Gasteiger partial charge in [0, 0.05) is 6.08 Å². The highest BCUT2D eigenvalue weighted by atomic mass is 16.7. The van der Waals surface area contributed by atoms with Crippen LogP contribution in [0.15, 0.2) is 18.2 Å². The fourth-order valence-corrected chi connectivity index (χ4v) is 3.12. The van der Waals surface area contributed by atoms with Crippen LogP contribution in [0.3, 0.4) is 0 Å². The van der Waals surface area contributed by atoms with Crippen molar-refractivity contribution in [3.63, 3.8) is 0 Å². The van der Waals surface area contributed by atoms with Gasteiger partial charge in [0.05, 0.1) is 27.4 Å². The van der Waals surface area contributed by atoms with Crippen LogP contribution in [0, 0.1) is 0 Å². The lowest BCUT2D eigenvalue weighted by Crippen LogP contribution is -2.60. The zero-order chi connectivity index (χ0) is 26.3. The van der Waals surface area contributed by atoms with E-state index in [0.29, 0.717) is 5.56 Å². The molecule has 7 atom stereocenters. The third-order valence-corrected chi connectivity index (χ3v) is 5.40. The Balaban J connectivity index is 1.99. The van der Waals surface area contributed by atoms with Crippen molar-refractivity contribution in [2.75, 3.05) is 34.0 Å². The van der Waals surface area contributed by atoms with Crippen molar-refractivity contribution in [1.29, 1.82) is 0 Å². The maximum Gasteiger partial charge on any atom is 0.330 e. The minimum Gasteiger partial charge on any atom is -0.502 e. The summed E-state index contributed by atoms with van der Waals surface area (Å²) in [5, 5.41) is 69.0. The molecule has 0 aromatic heterocycles. The summed E-state index contributed by atoms with van der Waals surface area (Å²) in [6.45, 7) is -0.680. The molecule has 13 heteroatoms. The molecular weight excluding hydrogens is 472 g/mol. The van der Waals surface area contributed by atoms with Gasteiger partial charge in [0.2, 0.25) is 5.75 Å². The maximum atomic E-state index is 12.1. The van der Waals surface area contributed by atoms with E-state index in [4.69, 9.17) is 28.8 Å². The number of phenolic OH excluding ortho intramolecular Hbond substituents is 1. The Morgan fingerprint density at radius 2 is 1.74 bits per heavy atom. The lowest BCUT2D eigenvalue weighted by molar-refractivity contribution is -0.311. The summed E-state index contributed by atoms with van der Waals surface area (Å²) in [7, 11) is 2.70. The molecule has 35 heavy (non-hydrogen) atoms. The molecule has 1 fully saturated rings. The molecule has 7 N–H and O–H groups in total. The molecule has 1 aliphatic rings. The lowest BCUT2D eigenvalue weighted by Gasteiger charge is -2.41. The summed E-state index contributed by atoms with van der Waals surface area (Å²) >= 11 is 0. The van der Waals surface area contributed by atoms with Gasteiger partial charge in [0.15, 0.2) is 17.8 Å². The number of ether oxygens (including phenoxy) is 5. The van der Waals surface area contributed by atoms with Crippen molar-refractivity contribution < 1.29 is 64.2 Å². The van der Waals surface area contributed by atoms with Crippen molar-refractivity contribution in [3.8, 4) is 17.2 Å². The average molecular weight is 504 g/mol. The number of methoxy groups -OCH3 is 2. The second-order valence-corrected chi connectivity index (χ2v) is 8.12. The summed E-state index contributed by atoms with van der Waals surface area (Å²) in [6, 6.07) is 2.91. The van der Waals surface area contributed by atoms with E-state index in [0.717, 1.165) is 6.08 Å². The van der Waals surface area contributed by atoms with E-state index in [2.05, 4.69) is 0 Å². The van der Waals surface area contributed by atoms with E-state index >= 15 is 0 Å². The molecule has 1 heterocycles. The summed E-state index contributed by atoms with van der Waals surface area (Å²) in [5.74, 6) is -0.790. The Morgan fingerprint density at radius 1 is 1.14 bits per heavy atom. The molecule has 13 nitrogen and oxygen atoms in total. The van der Waals surface area contributed by atoms with E-state index in [1.807, 2.05) is 0 Å². The molecule has 0 amide bonds. The fourth-order valence-electron chi connectivity index (χ4n) is 3.12. The SMILES string of the molecule is COc1cc(C=CC(=O)OCC2OC(OCC(C)(O)C(O)CO)C(O)C(O)C2O)cc(OC)c1O. The van der Waals surface area contributed by atoms with E-state index in [9.17, 15) is 35.4 Å². The Kier molecular flexibility index (Phi) is 10.2. The number of benzene rings is 1. The van der Waals surface area contributed by atoms with Gasteiger partial charge >= 0.3 is 5.97 Å². The molecule has 0 saturated carbocycles. The monoisotopic (exact) mass is 504 g/mol. The largest absolute Gasteiger partial charge is 0.502 e. The molecule has 1 saturated heterocycles. The van der Waals surface area contributed by atoms with E-state index in [1.165, 1.54) is 39.4 Å². The highest BCUT2D eigenvalue weighted by Crippen LogP contribution is 2.37. The van der Waals surface area contributed by atoms with Crippen LogP contribution in [0.5, 0.6) is 17.2 Å². The topological polar surface area (TPSA) is 205 Å². The number of carbonyl (C=O) groups is 1. The van der Waals surface area contributed by atoms with Crippen LogP contribution < -0.4 is 9.47 Å². The average Bonchev–Trinajstić information content (AvgIpc) is 2.84. The summed E-state index contributed by atoms with van der Waals surface area (Å²) < 4.78 is 25.7. The smallest absolute Gasteiger partial charge is 0.330 e. The van der Waals surface area contributed by atoms with Gasteiger partial charge in [-0.25, -0.2) is 4.79 Å². The number of rotatable bonds is 11. The van der Waals surface area contributed by atoms with Crippen molar-refractivity contribution in [2.45, 2.75) is 49.3 Å². The van der Waals surface area contributed by atoms with Gasteiger partial charge in [-0.15, -0.1) is 0 Å². The number of hydrogen-bond donors (Lipinski definition) is 7. The number of carbonyl (C=O) groups excluding carboxylic acids is 1. The first-order chi connectivity index (χ1) is 16.4. The van der Waals surface area contributed by atoms with Crippen molar-refractivity contribution in [3.05, 3.63) is 23.8 Å². The van der Waals surface area contributed by atoms with Crippen LogP contribution in [-0.4, -0.2) is 118 Å². The standard InChI is InChI=1S/C22H32O13/c1-22(30,15(24)8-23)10-34-21-20(29)19(28)18(27)14(35-21)9-33-16(25)5-4-11-6-12(31-2)17(26)13(7-11)32-3/h4-7,14-15,18-21,23-24,26-30H,8-10H2,1-3H3. The molecule has 1 aliphatic heterocycles. The van der Waals surface area contributed by atoms with Gasteiger partial charge in [0.25, 0.3) is 0 Å². The molecule has 1 aromatic rings. The molecule has 198 valence electrons. The van der Waals surface area contributed by atoms with Crippen molar-refractivity contribution >= 4 is 12.0 Å². The number of esters is 1. The van der Waals surface area contributed by atoms with E-state index in [-0.39, 0.29) is 17.2 Å². The Labute approximate surface area is 201 Å². The number of aliphatic hydroxyl groups excluding tert-OH is 5. The molecule has 1 aromatic carbocycles. The Hall–Kier alpha value is -2.49.